The number of hydrogen-bond donors (Lipinski definition) is 4. The highest BCUT2D eigenvalue weighted by atomic mass is 35.5. The van der Waals surface area contributed by atoms with Crippen LogP contribution in [-0.2, 0) is 0 Å². The molecule has 0 spiro atoms. The molecule has 0 aliphatic rings. The van der Waals surface area contributed by atoms with Gasteiger partial charge in [0, 0.05) is 0 Å². The molecule has 0 heterocycles. The molecule has 5 nitrogen and oxygen atoms in total. The molecule has 0 aliphatic carbocycles. The van der Waals surface area contributed by atoms with E-state index in [9.17, 15) is 0 Å². The number of nitrogens with zero attached hydrogens (tertiary/aromatic N) is 1. The molecular formula is C9H13Cl2N5S. The predicted molar refractivity (Wildman–Crippen MR) is 75.8 cm³/mol. The van der Waals surface area contributed by atoms with Crippen LogP contribution in [0, 0.1) is 0 Å². The summed E-state index contributed by atoms with van der Waals surface area (Å²) in [5.41, 5.74) is 14.3. The zero-order valence-corrected chi connectivity index (χ0v) is 11.2. The van der Waals surface area contributed by atoms with E-state index in [2.05, 4.69) is 10.7 Å². The second kappa shape index (κ2) is 6.95. The standard InChI is InChI=1S/C9H13Cl2N5S/c10-6-2-1-3-7(8(6)11)14-9(17)15-16(4-12)5-13/h1-3H,4-5,12-13H2,(H2,14,15,17). The lowest BCUT2D eigenvalue weighted by Crippen LogP contribution is -2.49. The quantitative estimate of drug-likeness (QED) is 0.381. The summed E-state index contributed by atoms with van der Waals surface area (Å²) in [6, 6.07) is 5.22. The van der Waals surface area contributed by atoms with E-state index in [0.29, 0.717) is 20.8 Å². The van der Waals surface area contributed by atoms with Gasteiger partial charge in [-0.15, -0.1) is 0 Å². The molecule has 0 aliphatic heterocycles. The minimum absolute atomic E-state index is 0.238. The van der Waals surface area contributed by atoms with Crippen molar-refractivity contribution < 1.29 is 0 Å². The van der Waals surface area contributed by atoms with E-state index in [1.54, 1.807) is 18.2 Å². The van der Waals surface area contributed by atoms with Crippen molar-refractivity contribution in [1.29, 1.82) is 0 Å². The van der Waals surface area contributed by atoms with Gasteiger partial charge in [-0.2, -0.15) is 5.01 Å². The van der Waals surface area contributed by atoms with Gasteiger partial charge in [0.15, 0.2) is 5.11 Å². The van der Waals surface area contributed by atoms with Crippen molar-refractivity contribution in [3.05, 3.63) is 28.2 Å². The molecule has 0 saturated carbocycles. The van der Waals surface area contributed by atoms with Crippen molar-refractivity contribution in [2.75, 3.05) is 18.7 Å². The first-order valence-corrected chi connectivity index (χ1v) is 5.91. The third-order valence-corrected chi connectivity index (χ3v) is 2.91. The normalized spacial score (nSPS) is 10.4. The molecule has 0 atom stereocenters. The van der Waals surface area contributed by atoms with Crippen LogP contribution in [0.25, 0.3) is 0 Å². The highest BCUT2D eigenvalue weighted by Gasteiger charge is 2.07. The molecule has 0 amide bonds. The number of benzene rings is 1. The molecule has 6 N–H and O–H groups in total. The average molecular weight is 294 g/mol. The predicted octanol–water partition coefficient (Wildman–Crippen LogP) is 1.33. The molecule has 0 fully saturated rings. The number of nitrogens with one attached hydrogen (secondary N) is 2. The van der Waals surface area contributed by atoms with E-state index in [1.807, 2.05) is 0 Å². The zero-order valence-electron chi connectivity index (χ0n) is 8.91. The van der Waals surface area contributed by atoms with E-state index < -0.39 is 0 Å². The van der Waals surface area contributed by atoms with Gasteiger partial charge in [-0.3, -0.25) is 5.43 Å². The Morgan fingerprint density at radius 3 is 2.53 bits per heavy atom. The maximum Gasteiger partial charge on any atom is 0.185 e. The molecule has 1 aromatic carbocycles. The van der Waals surface area contributed by atoms with Gasteiger partial charge in [0.2, 0.25) is 0 Å². The molecule has 0 aromatic heterocycles. The Balaban J connectivity index is 2.65. The Morgan fingerprint density at radius 1 is 1.29 bits per heavy atom. The topological polar surface area (TPSA) is 79.3 Å². The third kappa shape index (κ3) is 4.27. The maximum absolute atomic E-state index is 6.00. The van der Waals surface area contributed by atoms with Crippen LogP contribution in [0.2, 0.25) is 10.0 Å². The van der Waals surface area contributed by atoms with Gasteiger partial charge in [0.05, 0.1) is 29.1 Å². The van der Waals surface area contributed by atoms with Gasteiger partial charge >= 0.3 is 0 Å². The lowest BCUT2D eigenvalue weighted by molar-refractivity contribution is 0.251. The second-order valence-electron chi connectivity index (χ2n) is 3.07. The van der Waals surface area contributed by atoms with Crippen molar-refractivity contribution in [3.8, 4) is 0 Å². The molecule has 8 heteroatoms. The van der Waals surface area contributed by atoms with Crippen LogP contribution in [0.4, 0.5) is 5.69 Å². The molecule has 94 valence electrons. The molecular weight excluding hydrogens is 281 g/mol. The Bertz CT molecular complexity index is 397. The summed E-state index contributed by atoms with van der Waals surface area (Å²) in [5.74, 6) is 0. The van der Waals surface area contributed by atoms with Crippen LogP contribution in [0.5, 0.6) is 0 Å². The third-order valence-electron chi connectivity index (χ3n) is 1.90. The van der Waals surface area contributed by atoms with Crippen LogP contribution in [0.3, 0.4) is 0 Å². The largest absolute Gasteiger partial charge is 0.330 e. The Labute approximate surface area is 115 Å². The summed E-state index contributed by atoms with van der Waals surface area (Å²) >= 11 is 16.9. The summed E-state index contributed by atoms with van der Waals surface area (Å²) in [7, 11) is 0. The van der Waals surface area contributed by atoms with Gasteiger partial charge in [-0.1, -0.05) is 29.3 Å². The van der Waals surface area contributed by atoms with E-state index >= 15 is 0 Å². The summed E-state index contributed by atoms with van der Waals surface area (Å²) < 4.78 is 0. The number of thiocarbonyl (C=S) groups is 1. The minimum Gasteiger partial charge on any atom is -0.330 e. The monoisotopic (exact) mass is 293 g/mol. The van der Waals surface area contributed by atoms with E-state index in [0.717, 1.165) is 0 Å². The van der Waals surface area contributed by atoms with Crippen molar-refractivity contribution >= 4 is 46.2 Å². The number of halogens is 2. The van der Waals surface area contributed by atoms with Crippen molar-refractivity contribution in [3.63, 3.8) is 0 Å². The van der Waals surface area contributed by atoms with E-state index in [-0.39, 0.29) is 13.3 Å². The second-order valence-corrected chi connectivity index (χ2v) is 4.27. The van der Waals surface area contributed by atoms with Crippen LogP contribution in [-0.4, -0.2) is 23.5 Å². The number of hydrogen-bond acceptors (Lipinski definition) is 4. The maximum atomic E-state index is 6.00. The number of hydrazine groups is 1. The van der Waals surface area contributed by atoms with Crippen LogP contribution < -0.4 is 22.2 Å². The molecule has 0 bridgehead atoms. The van der Waals surface area contributed by atoms with Crippen molar-refractivity contribution in [1.82, 2.24) is 10.4 Å². The Hall–Kier alpha value is -0.630. The highest BCUT2D eigenvalue weighted by Crippen LogP contribution is 2.29. The fourth-order valence-electron chi connectivity index (χ4n) is 1.06. The first-order chi connectivity index (χ1) is 8.08. The molecule has 1 rings (SSSR count). The summed E-state index contributed by atoms with van der Waals surface area (Å²) in [5, 5.41) is 5.64. The lowest BCUT2D eigenvalue weighted by atomic mass is 10.3. The van der Waals surface area contributed by atoms with Crippen molar-refractivity contribution in [2.24, 2.45) is 11.5 Å². The van der Waals surface area contributed by atoms with Gasteiger partial charge in [0.25, 0.3) is 0 Å². The number of rotatable bonds is 4. The molecule has 0 unspecified atom stereocenters. The van der Waals surface area contributed by atoms with Crippen LogP contribution >= 0.6 is 35.4 Å². The summed E-state index contributed by atoms with van der Waals surface area (Å²) in [6.45, 7) is 0.475. The zero-order chi connectivity index (χ0) is 12.8. The fourth-order valence-corrected chi connectivity index (χ4v) is 1.65. The Kier molecular flexibility index (Phi) is 5.90. The first kappa shape index (κ1) is 14.4. The molecule has 0 radical (unpaired) electrons. The lowest BCUT2D eigenvalue weighted by Gasteiger charge is -2.21. The van der Waals surface area contributed by atoms with Gasteiger partial charge in [0.1, 0.15) is 0 Å². The number of nitrogens with two attached hydrogens (primary N) is 2. The van der Waals surface area contributed by atoms with E-state index in [1.165, 1.54) is 5.01 Å². The van der Waals surface area contributed by atoms with Gasteiger partial charge in [-0.05, 0) is 24.4 Å². The van der Waals surface area contributed by atoms with Crippen molar-refractivity contribution in [2.45, 2.75) is 0 Å². The van der Waals surface area contributed by atoms with Crippen LogP contribution in [0.1, 0.15) is 0 Å². The highest BCUT2D eigenvalue weighted by molar-refractivity contribution is 7.80. The Morgan fingerprint density at radius 2 is 1.94 bits per heavy atom. The first-order valence-electron chi connectivity index (χ1n) is 4.75. The smallest absolute Gasteiger partial charge is 0.185 e. The van der Waals surface area contributed by atoms with Crippen LogP contribution in [0.15, 0.2) is 18.2 Å². The molecule has 17 heavy (non-hydrogen) atoms. The van der Waals surface area contributed by atoms with Gasteiger partial charge < -0.3 is 16.8 Å². The molecule has 0 saturated heterocycles. The average Bonchev–Trinajstić information content (AvgIpc) is 2.32. The minimum atomic E-state index is 0.238. The molecule has 1 aromatic rings. The SMILES string of the molecule is NCN(CN)NC(=S)Nc1cccc(Cl)c1Cl. The summed E-state index contributed by atoms with van der Waals surface area (Å²) in [4.78, 5) is 0. The van der Waals surface area contributed by atoms with Gasteiger partial charge in [-0.25, -0.2) is 0 Å². The number of anilines is 1. The summed E-state index contributed by atoms with van der Waals surface area (Å²) in [6.07, 6.45) is 0. The fraction of sp³-hybridized carbons (Fsp3) is 0.222. The van der Waals surface area contributed by atoms with E-state index in [4.69, 9.17) is 46.9 Å².